The van der Waals surface area contributed by atoms with Gasteiger partial charge in [0.05, 0.1) is 25.3 Å². The smallest absolute Gasteiger partial charge is 0.337 e. The molecule has 1 fully saturated rings. The Morgan fingerprint density at radius 2 is 1.83 bits per heavy atom. The number of nitrogens with zero attached hydrogens (tertiary/aromatic N) is 1. The molecule has 1 saturated heterocycles. The molecular weight excluding hydrogens is 472 g/mol. The van der Waals surface area contributed by atoms with E-state index in [0.29, 0.717) is 37.5 Å². The van der Waals surface area contributed by atoms with Gasteiger partial charge >= 0.3 is 12.0 Å². The van der Waals surface area contributed by atoms with Crippen LogP contribution < -0.4 is 5.32 Å². The maximum atomic E-state index is 13.1. The summed E-state index contributed by atoms with van der Waals surface area (Å²) in [5.41, 5.74) is 2.45. The van der Waals surface area contributed by atoms with Crippen LogP contribution in [-0.2, 0) is 25.3 Å². The molecule has 0 aliphatic carbocycles. The molecule has 0 aromatic heterocycles. The van der Waals surface area contributed by atoms with Crippen molar-refractivity contribution in [1.29, 1.82) is 0 Å². The lowest BCUT2D eigenvalue weighted by Gasteiger charge is -2.37. The second kappa shape index (κ2) is 12.4. The SMILES string of the molecule is COC(=O)C1=C(CCCCO[Si](C)(C)C(C)(C)C)NC(=O)N2[C@H](CCOCc3ccccc3)CC[C@@H]12. The van der Waals surface area contributed by atoms with Crippen LogP contribution in [0.15, 0.2) is 41.6 Å². The number of amides is 2. The highest BCUT2D eigenvalue weighted by Crippen LogP contribution is 2.38. The quantitative estimate of drug-likeness (QED) is 0.217. The zero-order valence-corrected chi connectivity index (χ0v) is 23.9. The van der Waals surface area contributed by atoms with Gasteiger partial charge in [-0.15, -0.1) is 0 Å². The summed E-state index contributed by atoms with van der Waals surface area (Å²) in [5.74, 6) is -0.349. The Balaban J connectivity index is 1.56. The molecule has 1 N–H and O–H groups in total. The molecule has 36 heavy (non-hydrogen) atoms. The van der Waals surface area contributed by atoms with Crippen LogP contribution in [0, 0.1) is 0 Å². The molecule has 0 bridgehead atoms. The molecule has 2 atom stereocenters. The Bertz CT molecular complexity index is 926. The van der Waals surface area contributed by atoms with Crippen LogP contribution in [-0.4, -0.2) is 57.6 Å². The summed E-state index contributed by atoms with van der Waals surface area (Å²) >= 11 is 0. The standard InChI is InChI=1S/C28H44N2O5Si/c1-28(2,3)36(5,6)35-18-11-10-14-23-25(26(31)33-4)24-16-15-22(30(24)27(32)29-23)17-19-34-20-21-12-8-7-9-13-21/h7-9,12-13,22,24H,10-11,14-20H2,1-6H3,(H,29,32)/t22-,24-/m0/s1. The molecule has 1 aromatic carbocycles. The maximum absolute atomic E-state index is 13.1. The van der Waals surface area contributed by atoms with Crippen molar-refractivity contribution in [3.05, 3.63) is 47.2 Å². The molecule has 0 saturated carbocycles. The van der Waals surface area contributed by atoms with Crippen LogP contribution in [0.4, 0.5) is 4.79 Å². The predicted octanol–water partition coefficient (Wildman–Crippen LogP) is 5.77. The molecule has 2 heterocycles. The fraction of sp³-hybridized carbons (Fsp3) is 0.643. The van der Waals surface area contributed by atoms with E-state index in [1.807, 2.05) is 35.2 Å². The first-order valence-electron chi connectivity index (χ1n) is 13.2. The average Bonchev–Trinajstić information content (AvgIpc) is 3.25. The minimum atomic E-state index is -1.77. The zero-order chi connectivity index (χ0) is 26.3. The van der Waals surface area contributed by atoms with Crippen LogP contribution in [0.5, 0.6) is 0 Å². The highest BCUT2D eigenvalue weighted by atomic mass is 28.4. The van der Waals surface area contributed by atoms with E-state index >= 15 is 0 Å². The number of unbranched alkanes of at least 4 members (excludes halogenated alkanes) is 1. The number of carbonyl (C=O) groups excluding carboxylic acids is 2. The highest BCUT2D eigenvalue weighted by molar-refractivity contribution is 6.74. The fourth-order valence-electron chi connectivity index (χ4n) is 4.72. The molecular formula is C28H44N2O5Si. The molecule has 0 unspecified atom stereocenters. The Morgan fingerprint density at radius 3 is 2.50 bits per heavy atom. The Morgan fingerprint density at radius 1 is 1.11 bits per heavy atom. The normalized spacial score (nSPS) is 20.4. The van der Waals surface area contributed by atoms with Gasteiger partial charge < -0.3 is 24.1 Å². The van der Waals surface area contributed by atoms with Gasteiger partial charge in [0.2, 0.25) is 0 Å². The van der Waals surface area contributed by atoms with Crippen molar-refractivity contribution >= 4 is 20.3 Å². The maximum Gasteiger partial charge on any atom is 0.337 e. The molecule has 200 valence electrons. The lowest BCUT2D eigenvalue weighted by molar-refractivity contribution is -0.136. The number of urea groups is 1. The van der Waals surface area contributed by atoms with E-state index in [-0.39, 0.29) is 29.1 Å². The van der Waals surface area contributed by atoms with Gasteiger partial charge in [-0.3, -0.25) is 0 Å². The third-order valence-corrected chi connectivity index (χ3v) is 12.4. The van der Waals surface area contributed by atoms with Crippen molar-refractivity contribution in [1.82, 2.24) is 10.2 Å². The first kappa shape index (κ1) is 28.4. The second-order valence-corrected chi connectivity index (χ2v) is 16.2. The number of esters is 1. The molecule has 0 radical (unpaired) electrons. The summed E-state index contributed by atoms with van der Waals surface area (Å²) in [6.45, 7) is 13.0. The second-order valence-electron chi connectivity index (χ2n) is 11.4. The number of allylic oxidation sites excluding steroid dienone is 1. The minimum absolute atomic E-state index is 0.0463. The summed E-state index contributed by atoms with van der Waals surface area (Å²) in [4.78, 5) is 27.7. The fourth-order valence-corrected chi connectivity index (χ4v) is 5.80. The van der Waals surface area contributed by atoms with E-state index in [2.05, 4.69) is 39.2 Å². The number of hydrogen-bond acceptors (Lipinski definition) is 5. The summed E-state index contributed by atoms with van der Waals surface area (Å²) in [5, 5.41) is 3.20. The summed E-state index contributed by atoms with van der Waals surface area (Å²) in [7, 11) is -0.367. The van der Waals surface area contributed by atoms with E-state index < -0.39 is 8.32 Å². The van der Waals surface area contributed by atoms with Gasteiger partial charge in [-0.2, -0.15) is 0 Å². The monoisotopic (exact) mass is 516 g/mol. The van der Waals surface area contributed by atoms with Crippen molar-refractivity contribution in [2.45, 2.75) is 96.1 Å². The number of hydrogen-bond donors (Lipinski definition) is 1. The van der Waals surface area contributed by atoms with E-state index in [9.17, 15) is 9.59 Å². The third-order valence-electron chi connectivity index (χ3n) is 7.86. The predicted molar refractivity (Wildman–Crippen MR) is 144 cm³/mol. The van der Waals surface area contributed by atoms with Crippen molar-refractivity contribution in [3.8, 4) is 0 Å². The van der Waals surface area contributed by atoms with Crippen molar-refractivity contribution < 1.29 is 23.5 Å². The number of ether oxygens (including phenoxy) is 2. The number of carbonyl (C=O) groups is 2. The highest BCUT2D eigenvalue weighted by Gasteiger charge is 2.45. The lowest BCUT2D eigenvalue weighted by Crippen LogP contribution is -2.53. The molecule has 7 nitrogen and oxygen atoms in total. The van der Waals surface area contributed by atoms with Gasteiger partial charge in [0.1, 0.15) is 0 Å². The third kappa shape index (κ3) is 6.98. The Hall–Kier alpha value is -2.16. The zero-order valence-electron chi connectivity index (χ0n) is 22.9. The van der Waals surface area contributed by atoms with Gasteiger partial charge in [-0.25, -0.2) is 9.59 Å². The first-order valence-corrected chi connectivity index (χ1v) is 16.1. The topological polar surface area (TPSA) is 77.1 Å². The van der Waals surface area contributed by atoms with Crippen molar-refractivity contribution in [2.24, 2.45) is 0 Å². The first-order chi connectivity index (χ1) is 17.0. The Labute approximate surface area is 217 Å². The van der Waals surface area contributed by atoms with Crippen LogP contribution in [0.1, 0.15) is 64.9 Å². The van der Waals surface area contributed by atoms with Crippen molar-refractivity contribution in [2.75, 3.05) is 20.3 Å². The molecule has 3 rings (SSSR count). The molecule has 1 aromatic rings. The number of methoxy groups -OCH3 is 1. The molecule has 2 aliphatic heterocycles. The van der Waals surface area contributed by atoms with Crippen LogP contribution in [0.2, 0.25) is 18.1 Å². The van der Waals surface area contributed by atoms with E-state index in [0.717, 1.165) is 37.7 Å². The van der Waals surface area contributed by atoms with Crippen LogP contribution in [0.25, 0.3) is 0 Å². The number of rotatable bonds is 12. The van der Waals surface area contributed by atoms with Crippen molar-refractivity contribution in [3.63, 3.8) is 0 Å². The Kier molecular flexibility index (Phi) is 9.77. The van der Waals surface area contributed by atoms with Gasteiger partial charge in [0.15, 0.2) is 8.32 Å². The number of nitrogens with one attached hydrogen (secondary N) is 1. The molecule has 0 spiro atoms. The largest absolute Gasteiger partial charge is 0.466 e. The van der Waals surface area contributed by atoms with Crippen LogP contribution >= 0.6 is 0 Å². The lowest BCUT2D eigenvalue weighted by atomic mass is 9.97. The number of benzene rings is 1. The van der Waals surface area contributed by atoms with E-state index in [1.165, 1.54) is 7.11 Å². The summed E-state index contributed by atoms with van der Waals surface area (Å²) in [6, 6.07) is 9.76. The summed E-state index contributed by atoms with van der Waals surface area (Å²) < 4.78 is 17.3. The van der Waals surface area contributed by atoms with E-state index in [4.69, 9.17) is 13.9 Å². The van der Waals surface area contributed by atoms with Gasteiger partial charge in [0, 0.05) is 25.0 Å². The summed E-state index contributed by atoms with van der Waals surface area (Å²) in [6.07, 6.45) is 4.71. The number of fused-ring (bicyclic) bond motifs is 1. The average molecular weight is 517 g/mol. The minimum Gasteiger partial charge on any atom is -0.466 e. The molecule has 2 aliphatic rings. The molecule has 2 amide bonds. The van der Waals surface area contributed by atoms with Gasteiger partial charge in [0.25, 0.3) is 0 Å². The van der Waals surface area contributed by atoms with Crippen LogP contribution in [0.3, 0.4) is 0 Å². The molecule has 8 heteroatoms. The van der Waals surface area contributed by atoms with Gasteiger partial charge in [-0.05, 0) is 62.2 Å². The van der Waals surface area contributed by atoms with Gasteiger partial charge in [-0.1, -0.05) is 51.1 Å². The van der Waals surface area contributed by atoms with E-state index in [1.54, 1.807) is 0 Å².